The van der Waals surface area contributed by atoms with Gasteiger partial charge in [0.2, 0.25) is 0 Å². The summed E-state index contributed by atoms with van der Waals surface area (Å²) in [5.41, 5.74) is 0.0777. The van der Waals surface area contributed by atoms with Gasteiger partial charge in [-0.3, -0.25) is 9.69 Å². The van der Waals surface area contributed by atoms with Gasteiger partial charge in [-0.15, -0.1) is 0 Å². The molecule has 0 aromatic heterocycles. The van der Waals surface area contributed by atoms with E-state index in [2.05, 4.69) is 16.3 Å². The third-order valence-corrected chi connectivity index (χ3v) is 4.91. The molecular weight excluding hydrogens is 340 g/mol. The molecule has 1 aromatic rings. The largest absolute Gasteiger partial charge is 0.466 e. The van der Waals surface area contributed by atoms with E-state index in [4.69, 9.17) is 16.3 Å². The Hall–Kier alpha value is -1.14. The van der Waals surface area contributed by atoms with Crippen molar-refractivity contribution >= 4 is 17.6 Å². The minimum Gasteiger partial charge on any atom is -0.466 e. The Morgan fingerprint density at radius 2 is 2.08 bits per heavy atom. The number of hydrogen-bond acceptors (Lipinski definition) is 5. The maximum absolute atomic E-state index is 11.5. The fourth-order valence-corrected chi connectivity index (χ4v) is 3.31. The fraction of sp³-hybridized carbons (Fsp3) is 0.632. The summed E-state index contributed by atoms with van der Waals surface area (Å²) in [4.78, 5) is 13.9. The number of nitrogens with one attached hydrogen (secondary N) is 1. The van der Waals surface area contributed by atoms with Crippen LogP contribution in [0.25, 0.3) is 0 Å². The Morgan fingerprint density at radius 1 is 1.40 bits per heavy atom. The van der Waals surface area contributed by atoms with E-state index >= 15 is 0 Å². The molecule has 0 spiro atoms. The Kier molecular flexibility index (Phi) is 7.69. The van der Waals surface area contributed by atoms with Crippen LogP contribution in [0.15, 0.2) is 24.3 Å². The van der Waals surface area contributed by atoms with Crippen molar-refractivity contribution in [1.82, 2.24) is 10.2 Å². The number of benzene rings is 1. The van der Waals surface area contributed by atoms with Crippen molar-refractivity contribution in [1.29, 1.82) is 0 Å². The van der Waals surface area contributed by atoms with Crippen LogP contribution in [0.5, 0.6) is 0 Å². The summed E-state index contributed by atoms with van der Waals surface area (Å²) >= 11 is 6.23. The van der Waals surface area contributed by atoms with Crippen molar-refractivity contribution in [2.75, 3.05) is 26.2 Å². The summed E-state index contributed by atoms with van der Waals surface area (Å²) < 4.78 is 4.91. The molecule has 1 heterocycles. The first kappa shape index (κ1) is 20.2. The number of rotatable bonds is 8. The number of ether oxygens (including phenoxy) is 1. The second-order valence-corrected chi connectivity index (χ2v) is 7.41. The second-order valence-electron chi connectivity index (χ2n) is 7.00. The van der Waals surface area contributed by atoms with Crippen LogP contribution in [0.1, 0.15) is 38.7 Å². The highest BCUT2D eigenvalue weighted by Crippen LogP contribution is 2.20. The maximum atomic E-state index is 11.5. The van der Waals surface area contributed by atoms with Gasteiger partial charge in [0.15, 0.2) is 0 Å². The molecule has 0 saturated carbocycles. The number of carbonyl (C=O) groups is 1. The van der Waals surface area contributed by atoms with Crippen LogP contribution in [-0.4, -0.2) is 53.9 Å². The van der Waals surface area contributed by atoms with Gasteiger partial charge in [0.1, 0.15) is 0 Å². The minimum atomic E-state index is -1.08. The molecule has 1 aromatic carbocycles. The van der Waals surface area contributed by atoms with E-state index in [9.17, 15) is 9.90 Å². The molecule has 1 saturated heterocycles. The molecule has 1 aliphatic rings. The maximum Gasteiger partial charge on any atom is 0.308 e. The Morgan fingerprint density at radius 3 is 2.72 bits per heavy atom. The van der Waals surface area contributed by atoms with Crippen molar-refractivity contribution in [2.24, 2.45) is 0 Å². The molecule has 0 unspecified atom stereocenters. The van der Waals surface area contributed by atoms with E-state index in [0.717, 1.165) is 43.1 Å². The van der Waals surface area contributed by atoms with Crippen LogP contribution in [0, 0.1) is 0 Å². The Balaban J connectivity index is 1.71. The predicted molar refractivity (Wildman–Crippen MR) is 99.6 cm³/mol. The molecule has 1 atom stereocenters. The summed E-state index contributed by atoms with van der Waals surface area (Å²) in [7, 11) is 0. The van der Waals surface area contributed by atoms with Crippen molar-refractivity contribution in [3.8, 4) is 0 Å². The Bertz CT molecular complexity index is 557. The number of carbonyl (C=O) groups excluding carboxylic acids is 1. The average molecular weight is 369 g/mol. The molecule has 25 heavy (non-hydrogen) atoms. The molecule has 0 bridgehead atoms. The molecule has 2 N–H and O–H groups in total. The number of nitrogens with zero attached hydrogens (tertiary/aromatic N) is 1. The van der Waals surface area contributed by atoms with Gasteiger partial charge in [-0.2, -0.15) is 0 Å². The third-order valence-electron chi connectivity index (χ3n) is 4.54. The monoisotopic (exact) mass is 368 g/mol. The predicted octanol–water partition coefficient (Wildman–Crippen LogP) is 2.60. The lowest BCUT2D eigenvalue weighted by Crippen LogP contribution is -2.48. The highest BCUT2D eigenvalue weighted by Gasteiger charge is 2.27. The summed E-state index contributed by atoms with van der Waals surface area (Å²) in [5, 5.41) is 14.5. The number of halogens is 1. The van der Waals surface area contributed by atoms with Gasteiger partial charge >= 0.3 is 5.97 Å². The summed E-state index contributed by atoms with van der Waals surface area (Å²) in [6, 6.07) is 8.32. The van der Waals surface area contributed by atoms with Crippen molar-refractivity contribution in [3.63, 3.8) is 0 Å². The lowest BCUT2D eigenvalue weighted by atomic mass is 9.99. The molecule has 6 heteroatoms. The molecular formula is C19H29ClN2O3. The van der Waals surface area contributed by atoms with Gasteiger partial charge < -0.3 is 15.2 Å². The minimum absolute atomic E-state index is 0.0131. The zero-order valence-electron chi connectivity index (χ0n) is 15.1. The van der Waals surface area contributed by atoms with E-state index in [1.807, 2.05) is 18.2 Å². The van der Waals surface area contributed by atoms with E-state index in [1.54, 1.807) is 13.8 Å². The van der Waals surface area contributed by atoms with Gasteiger partial charge in [0.05, 0.1) is 18.6 Å². The first-order valence-electron chi connectivity index (χ1n) is 8.97. The third kappa shape index (κ3) is 6.94. The first-order valence-corrected chi connectivity index (χ1v) is 9.34. The van der Waals surface area contributed by atoms with Crippen LogP contribution < -0.4 is 5.32 Å². The summed E-state index contributed by atoms with van der Waals surface area (Å²) in [6.07, 6.45) is 2.04. The van der Waals surface area contributed by atoms with E-state index in [0.29, 0.717) is 19.2 Å². The fourth-order valence-electron chi connectivity index (χ4n) is 3.11. The van der Waals surface area contributed by atoms with Crippen LogP contribution in [0.4, 0.5) is 0 Å². The van der Waals surface area contributed by atoms with Crippen LogP contribution in [0.2, 0.25) is 5.02 Å². The highest BCUT2D eigenvalue weighted by molar-refractivity contribution is 6.31. The zero-order valence-corrected chi connectivity index (χ0v) is 15.9. The molecule has 0 aliphatic carbocycles. The first-order chi connectivity index (χ1) is 11.9. The number of hydrogen-bond donors (Lipinski definition) is 2. The van der Waals surface area contributed by atoms with Gasteiger partial charge in [0.25, 0.3) is 0 Å². The van der Waals surface area contributed by atoms with Crippen molar-refractivity contribution in [3.05, 3.63) is 34.9 Å². The van der Waals surface area contributed by atoms with Gasteiger partial charge in [-0.1, -0.05) is 29.8 Å². The quantitative estimate of drug-likeness (QED) is 0.690. The van der Waals surface area contributed by atoms with Crippen LogP contribution >= 0.6 is 11.6 Å². The van der Waals surface area contributed by atoms with Gasteiger partial charge in [0, 0.05) is 24.2 Å². The second kappa shape index (κ2) is 9.53. The lowest BCUT2D eigenvalue weighted by Gasteiger charge is -2.34. The van der Waals surface area contributed by atoms with E-state index in [1.165, 1.54) is 0 Å². The lowest BCUT2D eigenvalue weighted by molar-refractivity contribution is -0.148. The highest BCUT2D eigenvalue weighted by atomic mass is 35.5. The molecule has 1 fully saturated rings. The van der Waals surface area contributed by atoms with Gasteiger partial charge in [-0.25, -0.2) is 0 Å². The molecule has 1 aliphatic heterocycles. The van der Waals surface area contributed by atoms with Crippen LogP contribution in [0.3, 0.4) is 0 Å². The standard InChI is InChI=1S/C19H29ClN2O3/c1-3-25-18(23)12-19(2,24)14-21-16-8-10-22(11-9-16)13-15-6-4-5-7-17(15)20/h4-7,16,21,24H,3,8-14H2,1-2H3/t19-/m1/s1. The van der Waals surface area contributed by atoms with E-state index in [-0.39, 0.29) is 12.4 Å². The topological polar surface area (TPSA) is 61.8 Å². The molecule has 0 radical (unpaired) electrons. The summed E-state index contributed by atoms with van der Waals surface area (Å²) in [6.45, 7) is 7.01. The molecule has 5 nitrogen and oxygen atoms in total. The molecule has 140 valence electrons. The zero-order chi connectivity index (χ0) is 18.3. The normalized spacial score (nSPS) is 18.7. The smallest absolute Gasteiger partial charge is 0.308 e. The number of likely N-dealkylation sites (tertiary alicyclic amines) is 1. The number of esters is 1. The van der Waals surface area contributed by atoms with E-state index < -0.39 is 5.60 Å². The van der Waals surface area contributed by atoms with Crippen LogP contribution in [-0.2, 0) is 16.1 Å². The number of piperidine rings is 1. The molecule has 2 rings (SSSR count). The average Bonchev–Trinajstić information content (AvgIpc) is 2.56. The summed E-state index contributed by atoms with van der Waals surface area (Å²) in [5.74, 6) is -0.358. The van der Waals surface area contributed by atoms with Gasteiger partial charge in [-0.05, 0) is 51.4 Å². The molecule has 0 amide bonds. The van der Waals surface area contributed by atoms with Crippen molar-refractivity contribution in [2.45, 2.75) is 51.3 Å². The SMILES string of the molecule is CCOC(=O)C[C@@](C)(O)CNC1CCN(Cc2ccccc2Cl)CC1. The van der Waals surface area contributed by atoms with Crippen molar-refractivity contribution < 1.29 is 14.6 Å². The number of aliphatic hydroxyl groups is 1. The Labute approximate surface area is 155 Å².